The number of fused-ring (bicyclic) bond motifs is 3. The van der Waals surface area contributed by atoms with Gasteiger partial charge in [-0.3, -0.25) is 4.90 Å². The summed E-state index contributed by atoms with van der Waals surface area (Å²) >= 11 is 5.99. The third-order valence-electron chi connectivity index (χ3n) is 3.09. The maximum Gasteiger partial charge on any atom is 0.0484 e. The molecule has 1 aromatic heterocycles. The van der Waals surface area contributed by atoms with Crippen molar-refractivity contribution in [3.05, 3.63) is 35.0 Å². The molecule has 0 radical (unpaired) electrons. The van der Waals surface area contributed by atoms with Crippen LogP contribution < -0.4 is 0 Å². The minimum absolute atomic E-state index is 0.818. The van der Waals surface area contributed by atoms with Crippen molar-refractivity contribution in [2.75, 3.05) is 13.6 Å². The van der Waals surface area contributed by atoms with E-state index in [-0.39, 0.29) is 0 Å². The van der Waals surface area contributed by atoms with Gasteiger partial charge in [-0.1, -0.05) is 11.6 Å². The van der Waals surface area contributed by atoms with Gasteiger partial charge in [-0.05, 0) is 31.3 Å². The van der Waals surface area contributed by atoms with Crippen molar-refractivity contribution in [2.24, 2.45) is 0 Å². The Morgan fingerprint density at radius 1 is 1.20 bits per heavy atom. The van der Waals surface area contributed by atoms with Gasteiger partial charge >= 0.3 is 0 Å². The molecule has 0 unspecified atom stereocenters. The number of benzene rings is 1. The zero-order valence-corrected chi connectivity index (χ0v) is 9.46. The molecule has 15 heavy (non-hydrogen) atoms. The normalized spacial score (nSPS) is 16.9. The molecule has 0 spiro atoms. The Kier molecular flexibility index (Phi) is 2.01. The van der Waals surface area contributed by atoms with E-state index >= 15 is 0 Å². The predicted octanol–water partition coefficient (Wildman–Crippen LogP) is 2.74. The number of aromatic nitrogens is 1. The number of halogens is 1. The number of likely N-dealkylation sites (N-methyl/N-ethyl adjacent to an activating group) is 1. The molecule has 1 aromatic carbocycles. The molecule has 0 atom stereocenters. The van der Waals surface area contributed by atoms with E-state index in [2.05, 4.69) is 28.6 Å². The minimum Gasteiger partial charge on any atom is -0.342 e. The highest BCUT2D eigenvalue weighted by molar-refractivity contribution is 6.31. The van der Waals surface area contributed by atoms with Crippen LogP contribution in [-0.2, 0) is 13.1 Å². The van der Waals surface area contributed by atoms with E-state index in [1.165, 1.54) is 16.6 Å². The molecule has 1 aliphatic rings. The second-order valence-corrected chi connectivity index (χ2v) is 4.66. The van der Waals surface area contributed by atoms with Crippen LogP contribution in [-0.4, -0.2) is 23.1 Å². The first kappa shape index (κ1) is 9.25. The Hall–Kier alpha value is -0.990. The molecule has 78 valence electrons. The van der Waals surface area contributed by atoms with E-state index < -0.39 is 0 Å². The molecule has 0 aliphatic carbocycles. The van der Waals surface area contributed by atoms with Crippen LogP contribution in [0.2, 0.25) is 5.02 Å². The van der Waals surface area contributed by atoms with Crippen LogP contribution >= 0.6 is 11.6 Å². The molecule has 0 amide bonds. The third-order valence-corrected chi connectivity index (χ3v) is 3.32. The van der Waals surface area contributed by atoms with Gasteiger partial charge in [0.1, 0.15) is 0 Å². The lowest BCUT2D eigenvalue weighted by atomic mass is 10.2. The summed E-state index contributed by atoms with van der Waals surface area (Å²) in [6, 6.07) is 8.38. The summed E-state index contributed by atoms with van der Waals surface area (Å²) in [7, 11) is 2.16. The van der Waals surface area contributed by atoms with E-state index in [0.717, 1.165) is 24.7 Å². The van der Waals surface area contributed by atoms with Crippen molar-refractivity contribution in [3.8, 4) is 0 Å². The zero-order chi connectivity index (χ0) is 10.4. The summed E-state index contributed by atoms with van der Waals surface area (Å²) in [5.41, 5.74) is 2.70. The van der Waals surface area contributed by atoms with Crippen LogP contribution in [0.15, 0.2) is 24.3 Å². The highest BCUT2D eigenvalue weighted by Gasteiger charge is 2.15. The first-order valence-corrected chi connectivity index (χ1v) is 5.58. The highest BCUT2D eigenvalue weighted by Crippen LogP contribution is 2.25. The zero-order valence-electron chi connectivity index (χ0n) is 8.70. The fourth-order valence-electron chi connectivity index (χ4n) is 2.32. The Labute approximate surface area is 94.0 Å². The first-order valence-electron chi connectivity index (χ1n) is 5.20. The van der Waals surface area contributed by atoms with Gasteiger partial charge in [-0.2, -0.15) is 0 Å². The summed E-state index contributed by atoms with van der Waals surface area (Å²) in [6.07, 6.45) is 0. The maximum atomic E-state index is 5.99. The number of nitrogens with zero attached hydrogens (tertiary/aromatic N) is 2. The van der Waals surface area contributed by atoms with Crippen molar-refractivity contribution in [1.82, 2.24) is 9.47 Å². The lowest BCUT2D eigenvalue weighted by Crippen LogP contribution is -2.29. The average Bonchev–Trinajstić information content (AvgIpc) is 2.53. The number of rotatable bonds is 0. The Bertz CT molecular complexity index is 516. The van der Waals surface area contributed by atoms with Crippen LogP contribution in [0.25, 0.3) is 10.9 Å². The SMILES string of the molecule is CN1CCn2c(cc3cc(Cl)ccc32)C1. The van der Waals surface area contributed by atoms with Gasteiger partial charge in [-0.15, -0.1) is 0 Å². The standard InChI is InChI=1S/C12H13ClN2/c1-14-4-5-15-11(8-14)7-9-6-10(13)2-3-12(9)15/h2-3,6-7H,4-5,8H2,1H3. The maximum absolute atomic E-state index is 5.99. The second-order valence-electron chi connectivity index (χ2n) is 4.23. The van der Waals surface area contributed by atoms with Crippen LogP contribution in [0, 0.1) is 0 Å². The van der Waals surface area contributed by atoms with Crippen LogP contribution in [0.5, 0.6) is 0 Å². The number of hydrogen-bond acceptors (Lipinski definition) is 1. The Morgan fingerprint density at radius 2 is 2.07 bits per heavy atom. The molecule has 2 heterocycles. The van der Waals surface area contributed by atoms with Gasteiger partial charge in [0.05, 0.1) is 0 Å². The quantitative estimate of drug-likeness (QED) is 0.663. The molecule has 3 heteroatoms. The van der Waals surface area contributed by atoms with E-state index in [9.17, 15) is 0 Å². The molecule has 1 aliphatic heterocycles. The molecule has 3 rings (SSSR count). The molecule has 0 saturated heterocycles. The molecular weight excluding hydrogens is 208 g/mol. The van der Waals surface area contributed by atoms with Crippen LogP contribution in [0.4, 0.5) is 0 Å². The van der Waals surface area contributed by atoms with E-state index in [4.69, 9.17) is 11.6 Å². The molecule has 0 N–H and O–H groups in total. The Morgan fingerprint density at radius 3 is 2.93 bits per heavy atom. The summed E-state index contributed by atoms with van der Waals surface area (Å²) < 4.78 is 2.39. The van der Waals surface area contributed by atoms with Gasteiger partial charge in [0, 0.05) is 41.3 Å². The topological polar surface area (TPSA) is 8.17 Å². The summed E-state index contributed by atoms with van der Waals surface area (Å²) in [4.78, 5) is 2.34. The lowest BCUT2D eigenvalue weighted by molar-refractivity contribution is 0.273. The lowest BCUT2D eigenvalue weighted by Gasteiger charge is -2.24. The predicted molar refractivity (Wildman–Crippen MR) is 63.3 cm³/mol. The fourth-order valence-corrected chi connectivity index (χ4v) is 2.50. The largest absolute Gasteiger partial charge is 0.342 e. The van der Waals surface area contributed by atoms with Crippen molar-refractivity contribution in [1.29, 1.82) is 0 Å². The van der Waals surface area contributed by atoms with Gasteiger partial charge in [0.25, 0.3) is 0 Å². The van der Waals surface area contributed by atoms with Gasteiger partial charge in [0.2, 0.25) is 0 Å². The minimum atomic E-state index is 0.818. The van der Waals surface area contributed by atoms with E-state index in [1.54, 1.807) is 0 Å². The summed E-state index contributed by atoms with van der Waals surface area (Å²) in [5.74, 6) is 0. The molecule has 0 fully saturated rings. The van der Waals surface area contributed by atoms with Crippen molar-refractivity contribution < 1.29 is 0 Å². The smallest absolute Gasteiger partial charge is 0.0484 e. The second kappa shape index (κ2) is 3.26. The fraction of sp³-hybridized carbons (Fsp3) is 0.333. The van der Waals surface area contributed by atoms with Crippen molar-refractivity contribution >= 4 is 22.5 Å². The van der Waals surface area contributed by atoms with Gasteiger partial charge in [0.15, 0.2) is 0 Å². The first-order chi connectivity index (χ1) is 7.24. The summed E-state index contributed by atoms with van der Waals surface area (Å²) in [6.45, 7) is 3.24. The average molecular weight is 221 g/mol. The molecule has 2 nitrogen and oxygen atoms in total. The van der Waals surface area contributed by atoms with Crippen LogP contribution in [0.3, 0.4) is 0 Å². The van der Waals surface area contributed by atoms with Gasteiger partial charge < -0.3 is 4.57 Å². The van der Waals surface area contributed by atoms with Crippen molar-refractivity contribution in [2.45, 2.75) is 13.1 Å². The molecular formula is C12H13ClN2. The van der Waals surface area contributed by atoms with Gasteiger partial charge in [-0.25, -0.2) is 0 Å². The monoisotopic (exact) mass is 220 g/mol. The van der Waals surface area contributed by atoms with E-state index in [0.29, 0.717) is 0 Å². The third kappa shape index (κ3) is 1.45. The molecule has 0 bridgehead atoms. The molecule has 2 aromatic rings. The summed E-state index contributed by atoms with van der Waals surface area (Å²) in [5, 5.41) is 2.08. The molecule has 0 saturated carbocycles. The van der Waals surface area contributed by atoms with Crippen LogP contribution in [0.1, 0.15) is 5.69 Å². The Balaban J connectivity index is 2.23. The highest BCUT2D eigenvalue weighted by atomic mass is 35.5. The van der Waals surface area contributed by atoms with E-state index in [1.807, 2.05) is 12.1 Å². The van der Waals surface area contributed by atoms with Crippen molar-refractivity contribution in [3.63, 3.8) is 0 Å². The number of hydrogen-bond donors (Lipinski definition) is 0.